The van der Waals surface area contributed by atoms with Gasteiger partial charge in [0.2, 0.25) is 17.7 Å². The Morgan fingerprint density at radius 2 is 1.76 bits per heavy atom. The van der Waals surface area contributed by atoms with Crippen molar-refractivity contribution in [1.82, 2.24) is 29.9 Å². The van der Waals surface area contributed by atoms with Gasteiger partial charge < -0.3 is 35.8 Å². The fourth-order valence-electron chi connectivity index (χ4n) is 6.75. The zero-order valence-corrected chi connectivity index (χ0v) is 34.4. The summed E-state index contributed by atoms with van der Waals surface area (Å²) in [6, 6.07) is 15.0. The molecule has 0 unspecified atom stereocenters. The summed E-state index contributed by atoms with van der Waals surface area (Å²) in [6.45, 7) is 5.24. The fraction of sp³-hybridized carbons (Fsp3) is 0.333. The number of amides is 3. The Labute approximate surface area is 349 Å². The van der Waals surface area contributed by atoms with Gasteiger partial charge in [-0.2, -0.15) is 0 Å². The van der Waals surface area contributed by atoms with Crippen LogP contribution in [-0.2, 0) is 27.4 Å². The van der Waals surface area contributed by atoms with Crippen molar-refractivity contribution in [3.8, 4) is 39.4 Å². The maximum atomic E-state index is 16.2. The number of pyridine rings is 2. The highest BCUT2D eigenvalue weighted by Crippen LogP contribution is 2.43. The number of aliphatic hydroxyl groups excluding tert-OH is 1. The number of nitrogens with one attached hydrogen (secondary N) is 2. The molecular weight excluding hydrogens is 804 g/mol. The topological polar surface area (TPSA) is 190 Å². The van der Waals surface area contributed by atoms with Crippen molar-refractivity contribution in [2.45, 2.75) is 70.9 Å². The number of ether oxygens (including phenoxy) is 2. The molecule has 5 N–H and O–H groups in total. The molecule has 6 rings (SSSR count). The number of benzene rings is 2. The van der Waals surface area contributed by atoms with Crippen LogP contribution < -0.4 is 26.7 Å². The van der Waals surface area contributed by atoms with Crippen LogP contribution in [-0.4, -0.2) is 80.2 Å². The Bertz CT molecular complexity index is 2480. The molecule has 59 heavy (non-hydrogen) atoms. The van der Waals surface area contributed by atoms with Crippen LogP contribution >= 0.6 is 23.2 Å². The van der Waals surface area contributed by atoms with E-state index in [9.17, 15) is 24.3 Å². The van der Waals surface area contributed by atoms with Crippen LogP contribution in [0, 0.1) is 5.82 Å². The maximum absolute atomic E-state index is 16.2. The third-order valence-corrected chi connectivity index (χ3v) is 10.4. The first kappa shape index (κ1) is 43.0. The number of nitrogens with zero attached hydrogens (tertiary/aromatic N) is 4. The van der Waals surface area contributed by atoms with Crippen LogP contribution in [0.5, 0.6) is 5.88 Å². The predicted octanol–water partition coefficient (Wildman–Crippen LogP) is 5.89. The molecule has 14 nitrogen and oxygen atoms in total. The second-order valence-corrected chi connectivity index (χ2v) is 15.9. The number of carbonyl (C=O) groups is 3. The average molecular weight is 849 g/mol. The number of aliphatic hydroxyl groups is 1. The first-order valence-corrected chi connectivity index (χ1v) is 19.5. The van der Waals surface area contributed by atoms with Crippen LogP contribution in [0.2, 0.25) is 10.0 Å². The molecular formula is C42H44Cl2FN7O7. The molecule has 5 aromatic rings. The van der Waals surface area contributed by atoms with Crippen LogP contribution in [0.15, 0.2) is 71.8 Å². The summed E-state index contributed by atoms with van der Waals surface area (Å²) >= 11 is 14.1. The van der Waals surface area contributed by atoms with Gasteiger partial charge in [-0.25, -0.2) is 19.2 Å². The lowest BCUT2D eigenvalue weighted by atomic mass is 9.97. The van der Waals surface area contributed by atoms with E-state index in [0.717, 1.165) is 0 Å². The molecule has 0 spiro atoms. The predicted molar refractivity (Wildman–Crippen MR) is 221 cm³/mol. The summed E-state index contributed by atoms with van der Waals surface area (Å²) in [5.41, 5.74) is 7.76. The number of hydrogen-bond acceptors (Lipinski definition) is 10. The van der Waals surface area contributed by atoms with Crippen LogP contribution in [0.4, 0.5) is 9.18 Å². The van der Waals surface area contributed by atoms with E-state index >= 15 is 4.39 Å². The van der Waals surface area contributed by atoms with E-state index in [1.165, 1.54) is 28.7 Å². The number of nitrogens with two attached hydrogens (primary N) is 1. The van der Waals surface area contributed by atoms with Crippen LogP contribution in [0.25, 0.3) is 39.2 Å². The zero-order chi connectivity index (χ0) is 42.6. The van der Waals surface area contributed by atoms with Crippen molar-refractivity contribution in [2.75, 3.05) is 20.2 Å². The van der Waals surface area contributed by atoms with Gasteiger partial charge in [-0.1, -0.05) is 59.6 Å². The first-order chi connectivity index (χ1) is 28.0. The highest BCUT2D eigenvalue weighted by molar-refractivity contribution is 6.39. The molecule has 2 atom stereocenters. The van der Waals surface area contributed by atoms with Crippen LogP contribution in [0.3, 0.4) is 0 Å². The summed E-state index contributed by atoms with van der Waals surface area (Å²) in [6.07, 6.45) is 2.04. The lowest BCUT2D eigenvalue weighted by Gasteiger charge is -2.29. The summed E-state index contributed by atoms with van der Waals surface area (Å²) in [4.78, 5) is 59.9. The molecule has 17 heteroatoms. The highest BCUT2D eigenvalue weighted by atomic mass is 35.5. The molecule has 2 aromatic carbocycles. The Morgan fingerprint density at radius 1 is 1.08 bits per heavy atom. The van der Waals surface area contributed by atoms with E-state index < -0.39 is 29.5 Å². The Kier molecular flexibility index (Phi) is 13.2. The number of rotatable bonds is 14. The minimum atomic E-state index is -0.977. The third-order valence-electron chi connectivity index (χ3n) is 9.54. The number of halogens is 3. The van der Waals surface area contributed by atoms with E-state index in [-0.39, 0.29) is 72.3 Å². The summed E-state index contributed by atoms with van der Waals surface area (Å²) in [5, 5.41) is 16.3. The van der Waals surface area contributed by atoms with Gasteiger partial charge in [0.05, 0.1) is 47.5 Å². The number of fused-ring (bicyclic) bond motifs is 1. The molecule has 4 heterocycles. The molecule has 0 aliphatic carbocycles. The third kappa shape index (κ3) is 10.2. The van der Waals surface area contributed by atoms with Crippen molar-refractivity contribution in [1.29, 1.82) is 0 Å². The molecule has 0 bridgehead atoms. The lowest BCUT2D eigenvalue weighted by molar-refractivity contribution is -0.120. The van der Waals surface area contributed by atoms with Gasteiger partial charge in [0.1, 0.15) is 17.1 Å². The fourth-order valence-corrected chi connectivity index (χ4v) is 7.41. The van der Waals surface area contributed by atoms with Crippen molar-refractivity contribution >= 4 is 46.8 Å². The average Bonchev–Trinajstić information content (AvgIpc) is 3.59. The van der Waals surface area contributed by atoms with E-state index in [1.807, 2.05) is 12.1 Å². The zero-order valence-electron chi connectivity index (χ0n) is 32.9. The molecule has 1 saturated heterocycles. The van der Waals surface area contributed by atoms with E-state index in [4.69, 9.17) is 38.4 Å². The monoisotopic (exact) mass is 847 g/mol. The molecule has 0 saturated carbocycles. The molecule has 310 valence electrons. The normalized spacial score (nSPS) is 14.6. The van der Waals surface area contributed by atoms with E-state index in [1.54, 1.807) is 63.4 Å². The van der Waals surface area contributed by atoms with Gasteiger partial charge in [-0.15, -0.1) is 0 Å². The minimum Gasteiger partial charge on any atom is -0.481 e. The summed E-state index contributed by atoms with van der Waals surface area (Å²) in [5.74, 6) is -1.50. The van der Waals surface area contributed by atoms with Crippen LogP contribution in [0.1, 0.15) is 51.2 Å². The highest BCUT2D eigenvalue weighted by Gasteiger charge is 2.31. The molecule has 1 fully saturated rings. The molecule has 3 aromatic heterocycles. The maximum Gasteiger partial charge on any atom is 0.410 e. The van der Waals surface area contributed by atoms with Gasteiger partial charge in [0, 0.05) is 78.4 Å². The second kappa shape index (κ2) is 18.1. The quantitative estimate of drug-likeness (QED) is 0.105. The molecule has 1 aliphatic rings. The first-order valence-electron chi connectivity index (χ1n) is 18.8. The van der Waals surface area contributed by atoms with Crippen molar-refractivity contribution < 1.29 is 33.4 Å². The molecule has 3 amide bonds. The van der Waals surface area contributed by atoms with Gasteiger partial charge in [0.25, 0.3) is 5.56 Å². The Balaban J connectivity index is 1.27. The smallest absolute Gasteiger partial charge is 0.410 e. The van der Waals surface area contributed by atoms with Gasteiger partial charge in [-0.3, -0.25) is 18.8 Å². The SMILES string of the molecule is COc1nc(-c2cccc(-c3cccc(-c4ccn5c(=O)c(CNC[C@@H](O)CC(N)=O)cnc5c4)c3Cl)c2Cl)cc(F)c1CN(C[C@@H]1CCC(=O)N1)C(=O)OC(C)(C)C. The largest absolute Gasteiger partial charge is 0.481 e. The van der Waals surface area contributed by atoms with E-state index in [0.29, 0.717) is 56.9 Å². The summed E-state index contributed by atoms with van der Waals surface area (Å²) < 4.78 is 28.7. The van der Waals surface area contributed by atoms with E-state index in [2.05, 4.69) is 20.6 Å². The summed E-state index contributed by atoms with van der Waals surface area (Å²) in [7, 11) is 1.35. The van der Waals surface area contributed by atoms with Gasteiger partial charge in [0.15, 0.2) is 0 Å². The molecule has 0 radical (unpaired) electrons. The standard InChI is InChI=1S/C42H44Cl2FN7O7/c1-42(2,3)59-41(57)51(21-25-11-12-36(55)49-25)22-31-32(45)17-33(50-39(31)58-4)30-10-6-9-29(38(30)44)28-8-5-7-27(37(28)43)23-13-14-52-35(15-23)48-19-24(40(52)56)18-47-20-26(53)16-34(46)54/h5-10,13-15,17,19,25-26,47,53H,11-12,16,18,20-22H2,1-4H3,(H2,46,54)(H,49,55)/t25-,26-/m0/s1. The van der Waals surface area contributed by atoms with Gasteiger partial charge >= 0.3 is 6.09 Å². The Morgan fingerprint density at radius 3 is 2.41 bits per heavy atom. The van der Waals surface area contributed by atoms with Crippen molar-refractivity contribution in [3.05, 3.63) is 104 Å². The molecule has 1 aliphatic heterocycles. The number of methoxy groups -OCH3 is 1. The second-order valence-electron chi connectivity index (χ2n) is 15.2. The lowest BCUT2D eigenvalue weighted by Crippen LogP contribution is -2.44. The van der Waals surface area contributed by atoms with Gasteiger partial charge in [-0.05, 0) is 44.9 Å². The van der Waals surface area contributed by atoms with Crippen molar-refractivity contribution in [2.24, 2.45) is 5.73 Å². The van der Waals surface area contributed by atoms with Crippen molar-refractivity contribution in [3.63, 3.8) is 0 Å². The number of hydrogen-bond donors (Lipinski definition) is 4. The number of carbonyl (C=O) groups excluding carboxylic acids is 3. The Hall–Kier alpha value is -5.61. The number of primary amides is 1. The minimum absolute atomic E-state index is 0.0198. The number of aromatic nitrogens is 3.